The lowest BCUT2D eigenvalue weighted by molar-refractivity contribution is 0.418. The molecular formula is C31H23BrO. The normalized spacial score (nSPS) is 10.7. The van der Waals surface area contributed by atoms with E-state index in [1.165, 1.54) is 0 Å². The Morgan fingerprint density at radius 1 is 0.424 bits per heavy atom. The van der Waals surface area contributed by atoms with Crippen LogP contribution in [0.15, 0.2) is 126 Å². The van der Waals surface area contributed by atoms with Crippen LogP contribution in [0.3, 0.4) is 0 Å². The van der Waals surface area contributed by atoms with Gasteiger partial charge in [0.25, 0.3) is 0 Å². The first kappa shape index (κ1) is 21.2. The van der Waals surface area contributed by atoms with Gasteiger partial charge < -0.3 is 4.74 Å². The Balaban J connectivity index is 2.00. The molecule has 0 aromatic heterocycles. The highest BCUT2D eigenvalue weighted by Crippen LogP contribution is 2.54. The lowest BCUT2D eigenvalue weighted by Crippen LogP contribution is -2.00. The van der Waals surface area contributed by atoms with Gasteiger partial charge in [-0.2, -0.15) is 0 Å². The van der Waals surface area contributed by atoms with E-state index in [1.807, 2.05) is 24.3 Å². The number of hydrogen-bond acceptors (Lipinski definition) is 1. The molecule has 0 N–H and O–H groups in total. The predicted molar refractivity (Wildman–Crippen MR) is 142 cm³/mol. The number of rotatable bonds is 5. The highest BCUT2D eigenvalue weighted by atomic mass is 79.9. The van der Waals surface area contributed by atoms with E-state index in [-0.39, 0.29) is 0 Å². The summed E-state index contributed by atoms with van der Waals surface area (Å²) < 4.78 is 7.30. The molecule has 0 fully saturated rings. The molecule has 0 saturated carbocycles. The highest BCUT2D eigenvalue weighted by molar-refractivity contribution is 9.10. The van der Waals surface area contributed by atoms with Gasteiger partial charge in [-0.3, -0.25) is 0 Å². The molecule has 5 aromatic carbocycles. The van der Waals surface area contributed by atoms with E-state index in [4.69, 9.17) is 4.74 Å². The second-order valence-corrected chi connectivity index (χ2v) is 8.60. The molecule has 0 heterocycles. The van der Waals surface area contributed by atoms with Crippen LogP contribution in [0.4, 0.5) is 0 Å². The first-order chi connectivity index (χ1) is 16.3. The SMILES string of the molecule is COc1c(-c2ccccc2)c(-c2ccccc2)c(Br)c(-c2ccccc2)c1-c1ccccc1. The Kier molecular flexibility index (Phi) is 6.10. The lowest BCUT2D eigenvalue weighted by Gasteiger charge is -2.25. The van der Waals surface area contributed by atoms with Gasteiger partial charge in [-0.05, 0) is 38.2 Å². The fourth-order valence-electron chi connectivity index (χ4n) is 4.41. The highest BCUT2D eigenvalue weighted by Gasteiger charge is 2.26. The molecule has 5 aromatic rings. The van der Waals surface area contributed by atoms with Gasteiger partial charge in [-0.25, -0.2) is 0 Å². The Labute approximate surface area is 203 Å². The summed E-state index contributed by atoms with van der Waals surface area (Å²) >= 11 is 4.06. The van der Waals surface area contributed by atoms with E-state index in [9.17, 15) is 0 Å². The standard InChI is InChI=1S/C31H23BrO/c1-33-31-28(24-18-10-4-11-19-24)26(22-14-6-2-7-15-22)30(32)27(23-16-8-3-9-17-23)29(31)25-20-12-5-13-21-25/h2-21H,1H3. The molecule has 2 heteroatoms. The molecule has 160 valence electrons. The topological polar surface area (TPSA) is 9.23 Å². The predicted octanol–water partition coefficient (Wildman–Crippen LogP) is 9.13. The van der Waals surface area contributed by atoms with Crippen molar-refractivity contribution in [3.63, 3.8) is 0 Å². The number of ether oxygens (including phenoxy) is 1. The molecule has 5 rings (SSSR count). The maximum Gasteiger partial charge on any atom is 0.135 e. The average molecular weight is 491 g/mol. The summed E-state index contributed by atoms with van der Waals surface area (Å²) in [6.07, 6.45) is 0. The van der Waals surface area contributed by atoms with E-state index < -0.39 is 0 Å². The molecule has 0 atom stereocenters. The Morgan fingerprint density at radius 3 is 0.970 bits per heavy atom. The molecule has 0 saturated heterocycles. The number of halogens is 1. The van der Waals surface area contributed by atoms with Gasteiger partial charge in [0.15, 0.2) is 0 Å². The van der Waals surface area contributed by atoms with E-state index in [1.54, 1.807) is 7.11 Å². The summed E-state index contributed by atoms with van der Waals surface area (Å²) in [7, 11) is 1.77. The van der Waals surface area contributed by atoms with Gasteiger partial charge >= 0.3 is 0 Å². The molecule has 0 amide bonds. The van der Waals surface area contributed by atoms with Crippen molar-refractivity contribution in [1.82, 2.24) is 0 Å². The van der Waals surface area contributed by atoms with Gasteiger partial charge in [0.1, 0.15) is 5.75 Å². The van der Waals surface area contributed by atoms with Gasteiger partial charge in [0, 0.05) is 26.7 Å². The average Bonchev–Trinajstić information content (AvgIpc) is 2.90. The zero-order valence-electron chi connectivity index (χ0n) is 18.3. The second kappa shape index (κ2) is 9.48. The molecule has 0 spiro atoms. The molecule has 0 bridgehead atoms. The van der Waals surface area contributed by atoms with Crippen LogP contribution in [0.2, 0.25) is 0 Å². The smallest absolute Gasteiger partial charge is 0.135 e. The van der Waals surface area contributed by atoms with Crippen LogP contribution in [-0.4, -0.2) is 7.11 Å². The van der Waals surface area contributed by atoms with Crippen LogP contribution in [0.25, 0.3) is 44.5 Å². The van der Waals surface area contributed by atoms with Crippen LogP contribution in [-0.2, 0) is 0 Å². The molecule has 0 aliphatic heterocycles. The fourth-order valence-corrected chi connectivity index (χ4v) is 5.27. The van der Waals surface area contributed by atoms with E-state index in [2.05, 4.69) is 113 Å². The molecular weight excluding hydrogens is 468 g/mol. The first-order valence-corrected chi connectivity index (χ1v) is 11.7. The molecule has 0 unspecified atom stereocenters. The van der Waals surface area contributed by atoms with Crippen molar-refractivity contribution in [3.8, 4) is 50.3 Å². The summed E-state index contributed by atoms with van der Waals surface area (Å²) in [5.41, 5.74) is 8.91. The molecule has 1 nitrogen and oxygen atoms in total. The monoisotopic (exact) mass is 490 g/mol. The maximum absolute atomic E-state index is 6.24. The maximum atomic E-state index is 6.24. The Hall–Kier alpha value is -3.62. The molecule has 0 radical (unpaired) electrons. The van der Waals surface area contributed by atoms with Crippen molar-refractivity contribution in [2.75, 3.05) is 7.11 Å². The first-order valence-electron chi connectivity index (χ1n) is 10.9. The van der Waals surface area contributed by atoms with Crippen molar-refractivity contribution >= 4 is 15.9 Å². The third-order valence-corrected chi connectivity index (χ3v) is 6.64. The van der Waals surface area contributed by atoms with Crippen LogP contribution < -0.4 is 4.74 Å². The largest absolute Gasteiger partial charge is 0.495 e. The number of benzene rings is 5. The minimum absolute atomic E-state index is 0.869. The summed E-state index contributed by atoms with van der Waals surface area (Å²) in [5, 5.41) is 0. The molecule has 0 aliphatic carbocycles. The number of methoxy groups -OCH3 is 1. The van der Waals surface area contributed by atoms with Gasteiger partial charge in [-0.15, -0.1) is 0 Å². The van der Waals surface area contributed by atoms with Crippen LogP contribution in [0, 0.1) is 0 Å². The third-order valence-electron chi connectivity index (χ3n) is 5.85. The van der Waals surface area contributed by atoms with Gasteiger partial charge in [0.05, 0.1) is 7.11 Å². The Morgan fingerprint density at radius 2 is 0.697 bits per heavy atom. The summed E-state index contributed by atoms with van der Waals surface area (Å²) in [4.78, 5) is 0. The quantitative estimate of drug-likeness (QED) is 0.238. The van der Waals surface area contributed by atoms with E-state index >= 15 is 0 Å². The van der Waals surface area contributed by atoms with Crippen molar-refractivity contribution in [2.45, 2.75) is 0 Å². The van der Waals surface area contributed by atoms with Crippen molar-refractivity contribution in [3.05, 3.63) is 126 Å². The molecule has 0 aliphatic rings. The van der Waals surface area contributed by atoms with Crippen LogP contribution in [0.1, 0.15) is 0 Å². The third kappa shape index (κ3) is 3.99. The fraction of sp³-hybridized carbons (Fsp3) is 0.0323. The van der Waals surface area contributed by atoms with Crippen LogP contribution in [0.5, 0.6) is 5.75 Å². The van der Waals surface area contributed by atoms with Gasteiger partial charge in [0.2, 0.25) is 0 Å². The summed E-state index contributed by atoms with van der Waals surface area (Å²) in [6.45, 7) is 0. The van der Waals surface area contributed by atoms with E-state index in [0.29, 0.717) is 0 Å². The van der Waals surface area contributed by atoms with Crippen molar-refractivity contribution in [2.24, 2.45) is 0 Å². The minimum atomic E-state index is 0.869. The summed E-state index contributed by atoms with van der Waals surface area (Å²) in [6, 6.07) is 42.0. The van der Waals surface area contributed by atoms with Gasteiger partial charge in [-0.1, -0.05) is 121 Å². The van der Waals surface area contributed by atoms with Crippen molar-refractivity contribution in [1.29, 1.82) is 0 Å². The van der Waals surface area contributed by atoms with Crippen LogP contribution >= 0.6 is 15.9 Å². The minimum Gasteiger partial charge on any atom is -0.495 e. The van der Waals surface area contributed by atoms with Crippen molar-refractivity contribution < 1.29 is 4.74 Å². The second-order valence-electron chi connectivity index (χ2n) is 7.81. The van der Waals surface area contributed by atoms with E-state index in [0.717, 1.165) is 54.7 Å². The summed E-state index contributed by atoms with van der Waals surface area (Å²) in [5.74, 6) is 0.869. The lowest BCUT2D eigenvalue weighted by atomic mass is 9.84. The zero-order chi connectivity index (χ0) is 22.6. The Bertz CT molecular complexity index is 1260. The zero-order valence-corrected chi connectivity index (χ0v) is 19.9. The molecule has 33 heavy (non-hydrogen) atoms. The number of hydrogen-bond donors (Lipinski definition) is 0.